The van der Waals surface area contributed by atoms with Crippen molar-refractivity contribution in [3.63, 3.8) is 0 Å². The summed E-state index contributed by atoms with van der Waals surface area (Å²) in [5.41, 5.74) is 0.652. The lowest BCUT2D eigenvalue weighted by atomic mass is 10.1. The predicted molar refractivity (Wildman–Crippen MR) is 82.8 cm³/mol. The summed E-state index contributed by atoms with van der Waals surface area (Å²) in [5, 5.41) is 7.07. The number of hydrogen-bond donors (Lipinski definition) is 1. The van der Waals surface area contributed by atoms with Crippen molar-refractivity contribution in [3.8, 4) is 5.95 Å². The first-order valence-corrected chi connectivity index (χ1v) is 7.71. The zero-order chi connectivity index (χ0) is 15.2. The van der Waals surface area contributed by atoms with Gasteiger partial charge in [-0.15, -0.1) is 0 Å². The van der Waals surface area contributed by atoms with E-state index in [0.717, 1.165) is 25.9 Å². The van der Waals surface area contributed by atoms with Crippen LogP contribution in [-0.4, -0.2) is 43.8 Å². The van der Waals surface area contributed by atoms with Gasteiger partial charge in [0.1, 0.15) is 0 Å². The van der Waals surface area contributed by atoms with Crippen molar-refractivity contribution in [3.05, 3.63) is 30.9 Å². The fraction of sp³-hybridized carbons (Fsp3) is 0.467. The van der Waals surface area contributed by atoms with E-state index in [2.05, 4.69) is 20.4 Å². The molecule has 7 nitrogen and oxygen atoms in total. The van der Waals surface area contributed by atoms with Gasteiger partial charge in [0, 0.05) is 25.5 Å². The summed E-state index contributed by atoms with van der Waals surface area (Å²) in [6.45, 7) is 1.64. The number of carbonyl (C=O) groups is 1. The Hall–Kier alpha value is -2.44. The summed E-state index contributed by atoms with van der Waals surface area (Å²) in [6.07, 6.45) is 12.5. The van der Waals surface area contributed by atoms with Gasteiger partial charge in [0.05, 0.1) is 18.1 Å². The summed E-state index contributed by atoms with van der Waals surface area (Å²) in [6, 6.07) is 1.69. The van der Waals surface area contributed by atoms with Gasteiger partial charge in [0.2, 0.25) is 5.95 Å². The molecule has 0 atom stereocenters. The third kappa shape index (κ3) is 3.60. The number of anilines is 1. The largest absolute Gasteiger partial charge is 0.325 e. The number of nitrogens with one attached hydrogen (secondary N) is 1. The van der Waals surface area contributed by atoms with Gasteiger partial charge >= 0.3 is 6.03 Å². The number of amides is 2. The highest BCUT2D eigenvalue weighted by Crippen LogP contribution is 2.13. The monoisotopic (exact) mass is 300 g/mol. The van der Waals surface area contributed by atoms with Crippen LogP contribution in [0.2, 0.25) is 0 Å². The van der Waals surface area contributed by atoms with Crippen molar-refractivity contribution in [2.24, 2.45) is 0 Å². The Morgan fingerprint density at radius 2 is 1.73 bits per heavy atom. The maximum absolute atomic E-state index is 12.3. The molecule has 1 aliphatic rings. The molecule has 1 N–H and O–H groups in total. The Labute approximate surface area is 129 Å². The first-order chi connectivity index (χ1) is 10.8. The summed E-state index contributed by atoms with van der Waals surface area (Å²) in [4.78, 5) is 22.4. The van der Waals surface area contributed by atoms with Crippen LogP contribution in [0.1, 0.15) is 32.1 Å². The van der Waals surface area contributed by atoms with Gasteiger partial charge in [-0.1, -0.05) is 19.3 Å². The van der Waals surface area contributed by atoms with Gasteiger partial charge in [0.25, 0.3) is 0 Å². The van der Waals surface area contributed by atoms with Crippen molar-refractivity contribution >= 4 is 11.7 Å². The minimum absolute atomic E-state index is 0.0598. The first kappa shape index (κ1) is 14.5. The number of carbonyl (C=O) groups excluding carboxylic acids is 1. The molecule has 1 aliphatic heterocycles. The molecule has 0 spiro atoms. The molecule has 0 bridgehead atoms. The lowest BCUT2D eigenvalue weighted by molar-refractivity contribution is 0.206. The van der Waals surface area contributed by atoms with Crippen LogP contribution in [0.25, 0.3) is 5.95 Å². The minimum Gasteiger partial charge on any atom is -0.325 e. The van der Waals surface area contributed by atoms with Crippen LogP contribution in [-0.2, 0) is 0 Å². The van der Waals surface area contributed by atoms with E-state index in [-0.39, 0.29) is 6.03 Å². The van der Waals surface area contributed by atoms with Gasteiger partial charge in [-0.2, -0.15) is 5.10 Å². The molecular weight excluding hydrogens is 280 g/mol. The molecule has 0 unspecified atom stereocenters. The van der Waals surface area contributed by atoms with Gasteiger partial charge < -0.3 is 10.2 Å². The molecule has 7 heteroatoms. The lowest BCUT2D eigenvalue weighted by Crippen LogP contribution is -2.37. The molecular formula is C15H20N6O. The Kier molecular flexibility index (Phi) is 4.62. The molecule has 0 radical (unpaired) electrons. The Morgan fingerprint density at radius 3 is 2.45 bits per heavy atom. The van der Waals surface area contributed by atoms with Crippen molar-refractivity contribution < 1.29 is 4.79 Å². The van der Waals surface area contributed by atoms with Crippen molar-refractivity contribution in [2.75, 3.05) is 18.4 Å². The van der Waals surface area contributed by atoms with Crippen LogP contribution in [0, 0.1) is 0 Å². The minimum atomic E-state index is -0.0598. The van der Waals surface area contributed by atoms with Crippen LogP contribution in [0.5, 0.6) is 0 Å². The van der Waals surface area contributed by atoms with Crippen LogP contribution >= 0.6 is 0 Å². The number of aromatic nitrogens is 4. The topological polar surface area (TPSA) is 75.9 Å². The van der Waals surface area contributed by atoms with Crippen molar-refractivity contribution in [1.29, 1.82) is 0 Å². The Morgan fingerprint density at radius 1 is 1.05 bits per heavy atom. The van der Waals surface area contributed by atoms with Crippen molar-refractivity contribution in [2.45, 2.75) is 32.1 Å². The first-order valence-electron chi connectivity index (χ1n) is 7.71. The number of rotatable bonds is 2. The fourth-order valence-corrected chi connectivity index (χ4v) is 2.56. The third-order valence-corrected chi connectivity index (χ3v) is 3.73. The zero-order valence-corrected chi connectivity index (χ0v) is 12.5. The number of hydrogen-bond acceptors (Lipinski definition) is 4. The van der Waals surface area contributed by atoms with Crippen molar-refractivity contribution in [1.82, 2.24) is 24.6 Å². The summed E-state index contributed by atoms with van der Waals surface area (Å²) in [5.74, 6) is 0.481. The quantitative estimate of drug-likeness (QED) is 0.924. The third-order valence-electron chi connectivity index (χ3n) is 3.73. The molecule has 0 aliphatic carbocycles. The second kappa shape index (κ2) is 7.02. The summed E-state index contributed by atoms with van der Waals surface area (Å²) < 4.78 is 1.54. The average molecular weight is 300 g/mol. The van der Waals surface area contributed by atoms with E-state index in [1.54, 1.807) is 35.5 Å². The summed E-state index contributed by atoms with van der Waals surface area (Å²) in [7, 11) is 0. The Balaban J connectivity index is 1.63. The van der Waals surface area contributed by atoms with Crippen LogP contribution in [0.4, 0.5) is 10.5 Å². The lowest BCUT2D eigenvalue weighted by Gasteiger charge is -2.24. The molecule has 116 valence electrons. The molecule has 3 heterocycles. The molecule has 0 saturated carbocycles. The average Bonchev–Trinajstić information content (AvgIpc) is 2.96. The summed E-state index contributed by atoms with van der Waals surface area (Å²) >= 11 is 0. The van der Waals surface area contributed by atoms with Crippen LogP contribution in [0.3, 0.4) is 0 Å². The molecule has 2 aromatic rings. The van der Waals surface area contributed by atoms with Gasteiger partial charge in [-0.3, -0.25) is 0 Å². The maximum atomic E-state index is 12.3. The standard InChI is InChI=1S/C15H20N6O/c22-15(20-9-4-2-1-3-5-10-20)19-13-11-18-21(12-13)14-16-7-6-8-17-14/h6-8,11-12H,1-5,9-10H2,(H,19,22). The van der Waals surface area contributed by atoms with E-state index in [9.17, 15) is 4.79 Å². The fourth-order valence-electron chi connectivity index (χ4n) is 2.56. The highest BCUT2D eigenvalue weighted by molar-refractivity contribution is 5.89. The highest BCUT2D eigenvalue weighted by Gasteiger charge is 2.15. The molecule has 1 saturated heterocycles. The highest BCUT2D eigenvalue weighted by atomic mass is 16.2. The normalized spacial score (nSPS) is 15.9. The number of likely N-dealkylation sites (tertiary alicyclic amines) is 1. The van der Waals surface area contributed by atoms with E-state index in [0.29, 0.717) is 11.6 Å². The molecule has 1 fully saturated rings. The van der Waals surface area contributed by atoms with E-state index < -0.39 is 0 Å². The van der Waals surface area contributed by atoms with E-state index in [1.807, 2.05) is 4.90 Å². The van der Waals surface area contributed by atoms with E-state index in [4.69, 9.17) is 0 Å². The smallest absolute Gasteiger partial charge is 0.321 e. The zero-order valence-electron chi connectivity index (χ0n) is 12.5. The SMILES string of the molecule is O=C(Nc1cnn(-c2ncccn2)c1)N1CCCCCCC1. The molecule has 2 aromatic heterocycles. The van der Waals surface area contributed by atoms with E-state index in [1.165, 1.54) is 19.3 Å². The maximum Gasteiger partial charge on any atom is 0.321 e. The second-order valence-corrected chi connectivity index (χ2v) is 5.41. The predicted octanol–water partition coefficient (Wildman–Crippen LogP) is 2.46. The molecule has 22 heavy (non-hydrogen) atoms. The molecule has 3 rings (SSSR count). The van der Waals surface area contributed by atoms with Crippen LogP contribution in [0.15, 0.2) is 30.9 Å². The van der Waals surface area contributed by atoms with Crippen LogP contribution < -0.4 is 5.32 Å². The van der Waals surface area contributed by atoms with E-state index >= 15 is 0 Å². The van der Waals surface area contributed by atoms with Gasteiger partial charge in [0.15, 0.2) is 0 Å². The number of nitrogens with zero attached hydrogens (tertiary/aromatic N) is 5. The van der Waals surface area contributed by atoms with Gasteiger partial charge in [-0.05, 0) is 18.9 Å². The molecule has 0 aromatic carbocycles. The second-order valence-electron chi connectivity index (χ2n) is 5.41. The Bertz CT molecular complexity index is 604. The molecule has 2 amide bonds. The number of urea groups is 1. The van der Waals surface area contributed by atoms with Gasteiger partial charge in [-0.25, -0.2) is 19.4 Å².